The predicted molar refractivity (Wildman–Crippen MR) is 96.7 cm³/mol. The van der Waals surface area contributed by atoms with Gasteiger partial charge in [0.1, 0.15) is 11.6 Å². The van der Waals surface area contributed by atoms with Crippen LogP contribution in [0.5, 0.6) is 0 Å². The Labute approximate surface area is 151 Å². The molecule has 3 rings (SSSR count). The lowest BCUT2D eigenvalue weighted by atomic mass is 9.95. The zero-order chi connectivity index (χ0) is 18.8. The van der Waals surface area contributed by atoms with Crippen LogP contribution >= 0.6 is 0 Å². The van der Waals surface area contributed by atoms with E-state index in [0.29, 0.717) is 17.7 Å². The van der Waals surface area contributed by atoms with Crippen molar-refractivity contribution < 1.29 is 19.1 Å². The molecule has 5 heteroatoms. The Kier molecular flexibility index (Phi) is 4.89. The molecule has 1 heterocycles. The van der Waals surface area contributed by atoms with Crippen LogP contribution in [0.1, 0.15) is 31.0 Å². The van der Waals surface area contributed by atoms with Crippen LogP contribution in [0.3, 0.4) is 0 Å². The van der Waals surface area contributed by atoms with Crippen molar-refractivity contribution in [2.45, 2.75) is 19.9 Å². The number of likely N-dealkylation sites (tertiary alicyclic amines) is 1. The number of nitrogens with zero attached hydrogens (tertiary/aromatic N) is 1. The number of benzene rings is 2. The molecule has 2 aromatic rings. The summed E-state index contributed by atoms with van der Waals surface area (Å²) in [6, 6.07) is 13.5. The molecule has 1 aliphatic rings. The molecule has 0 radical (unpaired) electrons. The molecular formula is C21H20FNO3. The van der Waals surface area contributed by atoms with Crippen LogP contribution in [0.15, 0.2) is 60.2 Å². The van der Waals surface area contributed by atoms with E-state index in [0.717, 1.165) is 0 Å². The number of aliphatic hydroxyl groups is 1. The molecule has 26 heavy (non-hydrogen) atoms. The van der Waals surface area contributed by atoms with Crippen LogP contribution < -0.4 is 0 Å². The second kappa shape index (κ2) is 7.12. The molecule has 0 aliphatic carbocycles. The highest BCUT2D eigenvalue weighted by Crippen LogP contribution is 2.39. The third kappa shape index (κ3) is 3.25. The summed E-state index contributed by atoms with van der Waals surface area (Å²) >= 11 is 0. The number of Topliss-reactive ketones (excluding diaryl/α,β-unsaturated/α-hetero) is 1. The van der Waals surface area contributed by atoms with Crippen molar-refractivity contribution in [3.63, 3.8) is 0 Å². The lowest BCUT2D eigenvalue weighted by Crippen LogP contribution is -2.33. The van der Waals surface area contributed by atoms with Crippen molar-refractivity contribution in [2.24, 2.45) is 5.92 Å². The van der Waals surface area contributed by atoms with Crippen LogP contribution in [0.25, 0.3) is 5.76 Å². The molecule has 4 nitrogen and oxygen atoms in total. The fourth-order valence-corrected chi connectivity index (χ4v) is 3.20. The maximum Gasteiger partial charge on any atom is 0.295 e. The van der Waals surface area contributed by atoms with Crippen molar-refractivity contribution in [3.05, 3.63) is 77.1 Å². The molecule has 0 spiro atoms. The summed E-state index contributed by atoms with van der Waals surface area (Å²) in [5.74, 6) is -1.86. The van der Waals surface area contributed by atoms with Gasteiger partial charge in [0.15, 0.2) is 0 Å². The molecule has 0 aromatic heterocycles. The monoisotopic (exact) mass is 353 g/mol. The lowest BCUT2D eigenvalue weighted by molar-refractivity contribution is -0.140. The summed E-state index contributed by atoms with van der Waals surface area (Å²) in [6.45, 7) is 4.24. The van der Waals surface area contributed by atoms with Gasteiger partial charge >= 0.3 is 0 Å². The van der Waals surface area contributed by atoms with Gasteiger partial charge in [0.2, 0.25) is 0 Å². The van der Waals surface area contributed by atoms with Crippen molar-refractivity contribution >= 4 is 17.4 Å². The van der Waals surface area contributed by atoms with Gasteiger partial charge in [0.05, 0.1) is 11.6 Å². The maximum atomic E-state index is 13.3. The van der Waals surface area contributed by atoms with Gasteiger partial charge in [-0.05, 0) is 23.6 Å². The Hall–Kier alpha value is -2.95. The average molecular weight is 353 g/mol. The minimum Gasteiger partial charge on any atom is -0.507 e. The van der Waals surface area contributed by atoms with Crippen molar-refractivity contribution in [2.75, 3.05) is 6.54 Å². The van der Waals surface area contributed by atoms with Crippen LogP contribution in [0.4, 0.5) is 4.39 Å². The fourth-order valence-electron chi connectivity index (χ4n) is 3.20. The number of aliphatic hydroxyl groups excluding tert-OH is 1. The number of carbonyl (C=O) groups excluding carboxylic acids is 2. The van der Waals surface area contributed by atoms with Crippen LogP contribution in [-0.2, 0) is 9.59 Å². The van der Waals surface area contributed by atoms with E-state index in [1.165, 1.54) is 29.2 Å². The number of rotatable bonds is 4. The Morgan fingerprint density at radius 1 is 1.08 bits per heavy atom. The molecule has 1 aliphatic heterocycles. The average Bonchev–Trinajstić information content (AvgIpc) is 2.87. The first-order valence-corrected chi connectivity index (χ1v) is 8.49. The number of hydrogen-bond donors (Lipinski definition) is 1. The third-order valence-corrected chi connectivity index (χ3v) is 4.33. The minimum atomic E-state index is -0.738. The summed E-state index contributed by atoms with van der Waals surface area (Å²) in [7, 11) is 0. The second-order valence-electron chi connectivity index (χ2n) is 6.76. The third-order valence-electron chi connectivity index (χ3n) is 4.33. The van der Waals surface area contributed by atoms with Gasteiger partial charge in [-0.15, -0.1) is 0 Å². The topological polar surface area (TPSA) is 57.6 Å². The van der Waals surface area contributed by atoms with Gasteiger partial charge in [-0.1, -0.05) is 56.3 Å². The highest BCUT2D eigenvalue weighted by molar-refractivity contribution is 6.46. The molecule has 134 valence electrons. The van der Waals surface area contributed by atoms with E-state index >= 15 is 0 Å². The summed E-state index contributed by atoms with van der Waals surface area (Å²) in [4.78, 5) is 26.7. The smallest absolute Gasteiger partial charge is 0.295 e. The molecule has 1 amide bonds. The van der Waals surface area contributed by atoms with Crippen LogP contribution in [0.2, 0.25) is 0 Å². The normalized spacial score (nSPS) is 19.4. The van der Waals surface area contributed by atoms with Crippen LogP contribution in [-0.4, -0.2) is 28.2 Å². The Balaban J connectivity index is 2.18. The van der Waals surface area contributed by atoms with E-state index in [1.807, 2.05) is 13.8 Å². The number of hydrogen-bond acceptors (Lipinski definition) is 3. The molecule has 2 aromatic carbocycles. The second-order valence-corrected chi connectivity index (χ2v) is 6.76. The molecule has 1 N–H and O–H groups in total. The first kappa shape index (κ1) is 17.9. The molecule has 1 atom stereocenters. The number of halogens is 1. The van der Waals surface area contributed by atoms with E-state index in [-0.39, 0.29) is 17.3 Å². The van der Waals surface area contributed by atoms with E-state index in [4.69, 9.17) is 0 Å². The van der Waals surface area contributed by atoms with E-state index in [2.05, 4.69) is 0 Å². The summed E-state index contributed by atoms with van der Waals surface area (Å²) in [5, 5.41) is 10.8. The maximum absolute atomic E-state index is 13.3. The van der Waals surface area contributed by atoms with Crippen molar-refractivity contribution in [3.8, 4) is 0 Å². The molecule has 0 saturated carbocycles. The van der Waals surface area contributed by atoms with Gasteiger partial charge in [-0.25, -0.2) is 4.39 Å². The highest BCUT2D eigenvalue weighted by atomic mass is 19.1. The summed E-state index contributed by atoms with van der Waals surface area (Å²) in [5.41, 5.74) is 1.08. The molecule has 0 bridgehead atoms. The van der Waals surface area contributed by atoms with Crippen molar-refractivity contribution in [1.82, 2.24) is 4.90 Å². The Morgan fingerprint density at radius 3 is 2.27 bits per heavy atom. The molecule has 1 fully saturated rings. The van der Waals surface area contributed by atoms with Gasteiger partial charge < -0.3 is 10.0 Å². The molecular weight excluding hydrogens is 333 g/mol. The van der Waals surface area contributed by atoms with E-state index < -0.39 is 23.5 Å². The van der Waals surface area contributed by atoms with Gasteiger partial charge in [-0.2, -0.15) is 0 Å². The fraction of sp³-hybridized carbons (Fsp3) is 0.238. The first-order valence-electron chi connectivity index (χ1n) is 8.49. The summed E-state index contributed by atoms with van der Waals surface area (Å²) in [6.07, 6.45) is 0. The SMILES string of the molecule is CC(C)CN1C(=O)C(=O)/C(=C(\O)c2ccccc2)C1c1ccc(F)cc1. The number of amides is 1. The van der Waals surface area contributed by atoms with Crippen molar-refractivity contribution in [1.29, 1.82) is 0 Å². The Bertz CT molecular complexity index is 857. The minimum absolute atomic E-state index is 0.0356. The lowest BCUT2D eigenvalue weighted by Gasteiger charge is -2.26. The standard InChI is InChI=1S/C21H20FNO3/c1-13(2)12-23-18(14-8-10-16(22)11-9-14)17(20(25)21(23)26)19(24)15-6-4-3-5-7-15/h3-11,13,18,24H,12H2,1-2H3/b19-17-. The Morgan fingerprint density at radius 2 is 1.69 bits per heavy atom. The van der Waals surface area contributed by atoms with E-state index in [9.17, 15) is 19.1 Å². The highest BCUT2D eigenvalue weighted by Gasteiger charge is 2.46. The van der Waals surface area contributed by atoms with Gasteiger partial charge in [0.25, 0.3) is 11.7 Å². The zero-order valence-corrected chi connectivity index (χ0v) is 14.6. The van der Waals surface area contributed by atoms with Gasteiger partial charge in [-0.3, -0.25) is 9.59 Å². The van der Waals surface area contributed by atoms with E-state index in [1.54, 1.807) is 30.3 Å². The molecule has 1 saturated heterocycles. The molecule has 1 unspecified atom stereocenters. The first-order chi connectivity index (χ1) is 12.4. The number of ketones is 1. The number of carbonyl (C=O) groups is 2. The largest absolute Gasteiger partial charge is 0.507 e. The zero-order valence-electron chi connectivity index (χ0n) is 14.6. The summed E-state index contributed by atoms with van der Waals surface area (Å²) < 4.78 is 13.3. The quantitative estimate of drug-likeness (QED) is 0.515. The van der Waals surface area contributed by atoms with Gasteiger partial charge in [0, 0.05) is 12.1 Å². The van der Waals surface area contributed by atoms with Crippen LogP contribution in [0, 0.1) is 11.7 Å². The predicted octanol–water partition coefficient (Wildman–Crippen LogP) is 3.90.